The van der Waals surface area contributed by atoms with Crippen LogP contribution in [-0.2, 0) is 0 Å². The van der Waals surface area contributed by atoms with E-state index in [-0.39, 0.29) is 0 Å². The first-order valence-corrected chi connectivity index (χ1v) is 15.6. The van der Waals surface area contributed by atoms with Gasteiger partial charge in [0.2, 0.25) is 0 Å². The molecule has 0 saturated heterocycles. The average molecular weight is 439 g/mol. The van der Waals surface area contributed by atoms with Crippen LogP contribution in [0.5, 0.6) is 0 Å². The minimum atomic E-state index is -3.06. The molecule has 0 aliphatic heterocycles. The van der Waals surface area contributed by atoms with E-state index in [2.05, 4.69) is 81.8 Å². The Labute approximate surface area is 153 Å². The van der Waals surface area contributed by atoms with Crippen LogP contribution in [0.15, 0.2) is 48.5 Å². The second kappa shape index (κ2) is 6.16. The zero-order valence-corrected chi connectivity index (χ0v) is 18.2. The summed E-state index contributed by atoms with van der Waals surface area (Å²) >= 11 is -3.06. The van der Waals surface area contributed by atoms with Crippen LogP contribution in [0.25, 0.3) is 22.1 Å². The third-order valence-corrected chi connectivity index (χ3v) is 19.9. The van der Waals surface area contributed by atoms with Crippen molar-refractivity contribution in [3.8, 4) is 0 Å². The molecule has 4 nitrogen and oxygen atoms in total. The van der Waals surface area contributed by atoms with E-state index in [0.717, 1.165) is 22.7 Å². The summed E-state index contributed by atoms with van der Waals surface area (Å²) in [5.41, 5.74) is 4.75. The fraction of sp³-hybridized carbons (Fsp3) is 0.300. The van der Waals surface area contributed by atoms with Crippen LogP contribution in [-0.4, -0.2) is 34.5 Å². The molecule has 128 valence electrons. The van der Waals surface area contributed by atoms with E-state index in [4.69, 9.17) is 9.97 Å². The van der Waals surface area contributed by atoms with E-state index in [1.54, 1.807) is 0 Å². The molecule has 0 N–H and O–H groups in total. The minimum absolute atomic E-state index is 1.10. The van der Waals surface area contributed by atoms with Gasteiger partial charge in [0.15, 0.2) is 0 Å². The summed E-state index contributed by atoms with van der Waals surface area (Å²) in [5.74, 6) is 2.27. The Morgan fingerprint density at radius 1 is 0.720 bits per heavy atom. The van der Waals surface area contributed by atoms with Gasteiger partial charge < -0.3 is 0 Å². The molecule has 0 aliphatic carbocycles. The zero-order chi connectivity index (χ0) is 17.6. The van der Waals surface area contributed by atoms with E-state index in [1.165, 1.54) is 19.9 Å². The first-order valence-electron chi connectivity index (χ1n) is 9.01. The number of rotatable bonds is 4. The van der Waals surface area contributed by atoms with Gasteiger partial charge >= 0.3 is 153 Å². The van der Waals surface area contributed by atoms with Crippen LogP contribution in [0.1, 0.15) is 25.5 Å². The summed E-state index contributed by atoms with van der Waals surface area (Å²) in [7, 11) is 0. The van der Waals surface area contributed by atoms with Crippen molar-refractivity contribution in [3.63, 3.8) is 0 Å². The maximum atomic E-state index is 4.88. The molecule has 25 heavy (non-hydrogen) atoms. The number of aromatic nitrogens is 4. The monoisotopic (exact) mass is 440 g/mol. The number of fused-ring (bicyclic) bond motifs is 2. The second-order valence-corrected chi connectivity index (χ2v) is 18.9. The van der Waals surface area contributed by atoms with Crippen molar-refractivity contribution in [1.29, 1.82) is 0 Å². The van der Waals surface area contributed by atoms with Crippen molar-refractivity contribution in [2.75, 3.05) is 0 Å². The Bertz CT molecular complexity index is 974. The number of nitrogens with zero attached hydrogens (tertiary/aromatic N) is 4. The molecule has 0 unspecified atom stereocenters. The molecule has 2 aromatic heterocycles. The normalized spacial score (nSPS) is 12.3. The van der Waals surface area contributed by atoms with Gasteiger partial charge in [0.25, 0.3) is 0 Å². The molecule has 0 aliphatic rings. The fourth-order valence-electron chi connectivity index (χ4n) is 4.33. The van der Waals surface area contributed by atoms with Crippen LogP contribution in [0.3, 0.4) is 0 Å². The van der Waals surface area contributed by atoms with E-state index in [1.807, 2.05) is 0 Å². The van der Waals surface area contributed by atoms with Gasteiger partial charge in [-0.15, -0.1) is 0 Å². The molecule has 2 heterocycles. The van der Waals surface area contributed by atoms with Crippen LogP contribution < -0.4 is 0 Å². The van der Waals surface area contributed by atoms with Crippen molar-refractivity contribution >= 4 is 41.0 Å². The van der Waals surface area contributed by atoms with Crippen LogP contribution in [0, 0.1) is 13.8 Å². The topological polar surface area (TPSA) is 35.6 Å². The van der Waals surface area contributed by atoms with Gasteiger partial charge in [-0.05, 0) is 0 Å². The van der Waals surface area contributed by atoms with E-state index >= 15 is 0 Å². The van der Waals surface area contributed by atoms with E-state index in [0.29, 0.717) is 0 Å². The van der Waals surface area contributed by atoms with Crippen LogP contribution >= 0.6 is 0 Å². The molecule has 4 rings (SSSR count). The van der Waals surface area contributed by atoms with E-state index < -0.39 is 18.9 Å². The molecule has 2 aromatic carbocycles. The van der Waals surface area contributed by atoms with Crippen molar-refractivity contribution in [2.24, 2.45) is 0 Å². The Kier molecular flexibility index (Phi) is 4.10. The molecule has 0 saturated carbocycles. The Hall–Kier alpha value is -1.82. The van der Waals surface area contributed by atoms with Gasteiger partial charge in [-0.25, -0.2) is 0 Å². The molecule has 0 atom stereocenters. The summed E-state index contributed by atoms with van der Waals surface area (Å²) in [5, 5.41) is 0. The number of hydrogen-bond acceptors (Lipinski definition) is 2. The quantitative estimate of drug-likeness (QED) is 0.425. The van der Waals surface area contributed by atoms with Gasteiger partial charge in [-0.3, -0.25) is 0 Å². The summed E-state index contributed by atoms with van der Waals surface area (Å²) in [4.78, 5) is 9.75. The van der Waals surface area contributed by atoms with Crippen molar-refractivity contribution in [3.05, 3.63) is 60.2 Å². The molecular formula is C20H24N4Sn. The van der Waals surface area contributed by atoms with Gasteiger partial charge in [-0.1, -0.05) is 0 Å². The van der Waals surface area contributed by atoms with Gasteiger partial charge in [0.1, 0.15) is 0 Å². The van der Waals surface area contributed by atoms with Crippen LogP contribution in [0.4, 0.5) is 0 Å². The van der Waals surface area contributed by atoms with Crippen molar-refractivity contribution in [1.82, 2.24) is 15.5 Å². The fourth-order valence-corrected chi connectivity index (χ4v) is 17.3. The molecule has 0 radical (unpaired) electrons. The number of para-hydroxylation sites is 4. The van der Waals surface area contributed by atoms with Gasteiger partial charge in [0.05, 0.1) is 0 Å². The molecule has 0 spiro atoms. The van der Waals surface area contributed by atoms with Crippen molar-refractivity contribution < 1.29 is 0 Å². The first kappa shape index (κ1) is 16.6. The molecule has 5 heteroatoms. The Morgan fingerprint density at radius 3 is 1.52 bits per heavy atom. The predicted molar refractivity (Wildman–Crippen MR) is 106 cm³/mol. The summed E-state index contributed by atoms with van der Waals surface area (Å²) < 4.78 is 7.58. The number of benzene rings is 2. The number of hydrogen-bond donors (Lipinski definition) is 0. The molecular weight excluding hydrogens is 415 g/mol. The summed E-state index contributed by atoms with van der Waals surface area (Å²) in [6, 6.07) is 17.1. The van der Waals surface area contributed by atoms with Crippen molar-refractivity contribution in [2.45, 2.75) is 36.6 Å². The maximum absolute atomic E-state index is 4.88. The first-order chi connectivity index (χ1) is 12.1. The Balaban J connectivity index is 2.12. The molecule has 0 bridgehead atoms. The third-order valence-electron chi connectivity index (χ3n) is 5.42. The molecule has 0 fully saturated rings. The zero-order valence-electron chi connectivity index (χ0n) is 15.3. The second-order valence-electron chi connectivity index (χ2n) is 6.66. The summed E-state index contributed by atoms with van der Waals surface area (Å²) in [6.45, 7) is 9.01. The SMILES string of the molecule is C[CH2][Sn]([CH2]C)([n]1c(C)nc2ccccc21)[n]1c(C)nc2ccccc21. The third kappa shape index (κ3) is 2.34. The molecule has 0 amide bonds. The Morgan fingerprint density at radius 2 is 1.12 bits per heavy atom. The standard InChI is InChI=1S/2C8H7N2.2C2H5.Sn/c2*1-6-9-7-4-2-3-5-8(7)10-6;2*1-2;/h2*2-5H,1H3;2*1H2,2H3;/q2*-1;;;+2. The average Bonchev–Trinajstić information content (AvgIpc) is 3.14. The number of imidazole rings is 2. The number of aryl methyl sites for hydroxylation is 2. The molecule has 4 aromatic rings. The summed E-state index contributed by atoms with van der Waals surface area (Å²) in [6.07, 6.45) is 0. The predicted octanol–water partition coefficient (Wildman–Crippen LogP) is 4.88. The van der Waals surface area contributed by atoms with E-state index in [9.17, 15) is 0 Å². The van der Waals surface area contributed by atoms with Crippen LogP contribution in [0.2, 0.25) is 8.87 Å². The van der Waals surface area contributed by atoms with Gasteiger partial charge in [0, 0.05) is 0 Å². The van der Waals surface area contributed by atoms with Gasteiger partial charge in [-0.2, -0.15) is 0 Å².